The van der Waals surface area contributed by atoms with Gasteiger partial charge in [-0.25, -0.2) is 4.57 Å². The molecule has 3 aromatic carbocycles. The third-order valence-corrected chi connectivity index (χ3v) is 5.70. The number of rotatable bonds is 3. The quantitative estimate of drug-likeness (QED) is 0.385. The van der Waals surface area contributed by atoms with Crippen LogP contribution in [0.15, 0.2) is 72.9 Å². The molecule has 2 heteroatoms. The highest BCUT2D eigenvalue weighted by molar-refractivity contribution is 5.95. The van der Waals surface area contributed by atoms with Gasteiger partial charge in [-0.15, -0.1) is 0 Å². The zero-order valence-corrected chi connectivity index (χ0v) is 17.4. The van der Waals surface area contributed by atoms with Crippen LogP contribution in [-0.2, 0) is 7.05 Å². The van der Waals surface area contributed by atoms with E-state index in [4.69, 9.17) is 0 Å². The number of nitrogens with zero attached hydrogens (tertiary/aromatic N) is 2. The maximum Gasteiger partial charge on any atom is 0.220 e. The molecule has 1 heterocycles. The fourth-order valence-corrected chi connectivity index (χ4v) is 4.16. The van der Waals surface area contributed by atoms with Gasteiger partial charge in [-0.05, 0) is 64.7 Å². The summed E-state index contributed by atoms with van der Waals surface area (Å²) in [5.41, 5.74) is 8.26. The van der Waals surface area contributed by atoms with Gasteiger partial charge in [0.2, 0.25) is 5.69 Å². The van der Waals surface area contributed by atoms with Crippen molar-refractivity contribution in [3.63, 3.8) is 0 Å². The van der Waals surface area contributed by atoms with Crippen LogP contribution >= 0.6 is 0 Å². The number of aromatic nitrogens is 1. The molecule has 0 fully saturated rings. The van der Waals surface area contributed by atoms with E-state index in [1.54, 1.807) is 0 Å². The standard InChI is InChI=1S/C27H25N2/c1-18(2)25-15-23(21-8-6-5-7-9-21)16-26(19(25)3)27-24-11-10-20(17-28)14-22(24)12-13-29(27)4/h5-16,18H,1-4H3/q+1. The van der Waals surface area contributed by atoms with Crippen LogP contribution in [0.3, 0.4) is 0 Å². The minimum absolute atomic E-state index is 0.433. The monoisotopic (exact) mass is 377 g/mol. The smallest absolute Gasteiger partial charge is 0.200 e. The van der Waals surface area contributed by atoms with Crippen LogP contribution in [0, 0.1) is 18.3 Å². The van der Waals surface area contributed by atoms with Gasteiger partial charge in [-0.2, -0.15) is 5.26 Å². The summed E-state index contributed by atoms with van der Waals surface area (Å²) in [5, 5.41) is 11.5. The summed E-state index contributed by atoms with van der Waals surface area (Å²) in [6, 6.07) is 25.5. The van der Waals surface area contributed by atoms with Crippen molar-refractivity contribution in [1.29, 1.82) is 5.26 Å². The van der Waals surface area contributed by atoms with E-state index in [2.05, 4.69) is 99.2 Å². The van der Waals surface area contributed by atoms with Crippen molar-refractivity contribution in [1.82, 2.24) is 0 Å². The largest absolute Gasteiger partial charge is 0.220 e. The second-order valence-corrected chi connectivity index (χ2v) is 7.95. The zero-order chi connectivity index (χ0) is 20.5. The lowest BCUT2D eigenvalue weighted by atomic mass is 9.87. The van der Waals surface area contributed by atoms with Gasteiger partial charge in [0.25, 0.3) is 0 Å². The van der Waals surface area contributed by atoms with E-state index >= 15 is 0 Å². The molecule has 0 spiro atoms. The van der Waals surface area contributed by atoms with Crippen molar-refractivity contribution >= 4 is 10.8 Å². The van der Waals surface area contributed by atoms with Gasteiger partial charge in [0.05, 0.1) is 22.6 Å². The molecule has 4 aromatic rings. The van der Waals surface area contributed by atoms with Crippen molar-refractivity contribution < 1.29 is 4.57 Å². The first kappa shape index (κ1) is 18.9. The van der Waals surface area contributed by atoms with Gasteiger partial charge in [-0.3, -0.25) is 0 Å². The van der Waals surface area contributed by atoms with Gasteiger partial charge in [0, 0.05) is 6.07 Å². The molecular weight excluding hydrogens is 352 g/mol. The summed E-state index contributed by atoms with van der Waals surface area (Å²) < 4.78 is 2.19. The highest BCUT2D eigenvalue weighted by atomic mass is 14.9. The topological polar surface area (TPSA) is 27.7 Å². The van der Waals surface area contributed by atoms with Crippen LogP contribution in [0.5, 0.6) is 0 Å². The van der Waals surface area contributed by atoms with E-state index < -0.39 is 0 Å². The molecule has 0 saturated carbocycles. The summed E-state index contributed by atoms with van der Waals surface area (Å²) in [7, 11) is 2.09. The maximum atomic E-state index is 9.29. The average Bonchev–Trinajstić information content (AvgIpc) is 2.74. The average molecular weight is 378 g/mol. The number of nitriles is 1. The van der Waals surface area contributed by atoms with Crippen LogP contribution in [0.1, 0.15) is 36.5 Å². The third kappa shape index (κ3) is 3.41. The number of pyridine rings is 1. The Balaban J connectivity index is 2.06. The van der Waals surface area contributed by atoms with Gasteiger partial charge in [0.1, 0.15) is 7.05 Å². The molecule has 1 aromatic heterocycles. The zero-order valence-electron chi connectivity index (χ0n) is 17.4. The molecule has 4 rings (SSSR count). The number of benzene rings is 3. The fraction of sp³-hybridized carbons (Fsp3) is 0.185. The first-order chi connectivity index (χ1) is 14.0. The van der Waals surface area contributed by atoms with Crippen molar-refractivity contribution in [3.05, 3.63) is 89.6 Å². The summed E-state index contributed by atoms with van der Waals surface area (Å²) in [6.07, 6.45) is 2.09. The highest BCUT2D eigenvalue weighted by Gasteiger charge is 2.21. The maximum absolute atomic E-state index is 9.29. The molecular formula is C27H25N2+. The van der Waals surface area contributed by atoms with Gasteiger partial charge in [0.15, 0.2) is 6.20 Å². The van der Waals surface area contributed by atoms with E-state index in [9.17, 15) is 5.26 Å². The second-order valence-electron chi connectivity index (χ2n) is 7.95. The Kier molecular flexibility index (Phi) is 4.91. The third-order valence-electron chi connectivity index (χ3n) is 5.70. The Morgan fingerprint density at radius 2 is 1.66 bits per heavy atom. The van der Waals surface area contributed by atoms with E-state index in [0.29, 0.717) is 11.5 Å². The molecule has 0 aliphatic rings. The minimum atomic E-state index is 0.433. The molecule has 0 unspecified atom stereocenters. The van der Waals surface area contributed by atoms with E-state index in [1.165, 1.54) is 33.5 Å². The van der Waals surface area contributed by atoms with Crippen molar-refractivity contribution in [3.8, 4) is 28.5 Å². The Labute approximate surface area is 172 Å². The predicted molar refractivity (Wildman–Crippen MR) is 120 cm³/mol. The first-order valence-electron chi connectivity index (χ1n) is 10.0. The Bertz CT molecular complexity index is 1250. The summed E-state index contributed by atoms with van der Waals surface area (Å²) in [4.78, 5) is 0. The lowest BCUT2D eigenvalue weighted by molar-refractivity contribution is -0.659. The molecule has 0 bridgehead atoms. The molecule has 0 aliphatic heterocycles. The normalized spacial score (nSPS) is 11.0. The Morgan fingerprint density at radius 1 is 0.897 bits per heavy atom. The molecule has 29 heavy (non-hydrogen) atoms. The van der Waals surface area contributed by atoms with Crippen molar-refractivity contribution in [2.75, 3.05) is 0 Å². The molecule has 0 radical (unpaired) electrons. The molecule has 142 valence electrons. The number of aryl methyl sites for hydroxylation is 1. The lowest BCUT2D eigenvalue weighted by Gasteiger charge is -2.17. The van der Waals surface area contributed by atoms with Crippen LogP contribution in [0.25, 0.3) is 33.2 Å². The van der Waals surface area contributed by atoms with Crippen LogP contribution in [-0.4, -0.2) is 0 Å². The summed E-state index contributed by atoms with van der Waals surface area (Å²) in [6.45, 7) is 6.73. The number of hydrogen-bond acceptors (Lipinski definition) is 1. The SMILES string of the molecule is Cc1c(-c2c3ccc(C#N)cc3cc[n+]2C)cc(-c2ccccc2)cc1C(C)C. The van der Waals surface area contributed by atoms with Crippen molar-refractivity contribution in [2.24, 2.45) is 7.05 Å². The highest BCUT2D eigenvalue weighted by Crippen LogP contribution is 2.36. The second kappa shape index (κ2) is 7.53. The molecule has 0 aliphatic carbocycles. The molecule has 2 nitrogen and oxygen atoms in total. The van der Waals surface area contributed by atoms with Crippen LogP contribution < -0.4 is 4.57 Å². The summed E-state index contributed by atoms with van der Waals surface area (Å²) >= 11 is 0. The summed E-state index contributed by atoms with van der Waals surface area (Å²) in [5.74, 6) is 0.433. The first-order valence-corrected chi connectivity index (χ1v) is 10.0. The van der Waals surface area contributed by atoms with Gasteiger partial charge >= 0.3 is 0 Å². The Hall–Kier alpha value is -3.44. The van der Waals surface area contributed by atoms with E-state index in [-0.39, 0.29) is 0 Å². The van der Waals surface area contributed by atoms with E-state index in [1.807, 2.05) is 12.1 Å². The Morgan fingerprint density at radius 3 is 2.34 bits per heavy atom. The number of fused-ring (bicyclic) bond motifs is 1. The van der Waals surface area contributed by atoms with Gasteiger partial charge in [-0.1, -0.05) is 50.2 Å². The predicted octanol–water partition coefficient (Wildman–Crippen LogP) is 6.30. The molecule has 0 N–H and O–H groups in total. The molecule has 0 saturated heterocycles. The van der Waals surface area contributed by atoms with Crippen LogP contribution in [0.2, 0.25) is 0 Å². The minimum Gasteiger partial charge on any atom is -0.200 e. The lowest BCUT2D eigenvalue weighted by Crippen LogP contribution is -2.31. The van der Waals surface area contributed by atoms with Gasteiger partial charge < -0.3 is 0 Å². The molecule has 0 amide bonds. The van der Waals surface area contributed by atoms with E-state index in [0.717, 1.165) is 10.8 Å². The van der Waals surface area contributed by atoms with Crippen molar-refractivity contribution in [2.45, 2.75) is 26.7 Å². The molecule has 0 atom stereocenters. The number of hydrogen-bond donors (Lipinski definition) is 0. The van der Waals surface area contributed by atoms with Crippen LogP contribution in [0.4, 0.5) is 0 Å². The fourth-order valence-electron chi connectivity index (χ4n) is 4.16.